The Bertz CT molecular complexity index is 406. The Morgan fingerprint density at radius 2 is 2.17 bits per heavy atom. The standard InChI is InChI=1S/C12H18N2O4/c1-5-17-11(16)9(12(2,3)4)10(15)13-8-6-7-18-14-8/h6-7,9H,5H2,1-4H3,(H,13,14,15). The van der Waals surface area contributed by atoms with Gasteiger partial charge in [0.2, 0.25) is 5.91 Å². The van der Waals surface area contributed by atoms with Crippen LogP contribution in [0.5, 0.6) is 0 Å². The highest BCUT2D eigenvalue weighted by Gasteiger charge is 2.39. The van der Waals surface area contributed by atoms with E-state index in [0.717, 1.165) is 0 Å². The van der Waals surface area contributed by atoms with Crippen LogP contribution in [-0.2, 0) is 14.3 Å². The van der Waals surface area contributed by atoms with Gasteiger partial charge in [-0.3, -0.25) is 9.59 Å². The van der Waals surface area contributed by atoms with Crippen molar-refractivity contribution in [2.24, 2.45) is 11.3 Å². The van der Waals surface area contributed by atoms with Gasteiger partial charge in [-0.15, -0.1) is 0 Å². The van der Waals surface area contributed by atoms with E-state index in [0.29, 0.717) is 0 Å². The monoisotopic (exact) mass is 254 g/mol. The van der Waals surface area contributed by atoms with E-state index in [1.807, 2.05) is 0 Å². The summed E-state index contributed by atoms with van der Waals surface area (Å²) in [5, 5.41) is 6.09. The van der Waals surface area contributed by atoms with Crippen LogP contribution in [0.15, 0.2) is 16.9 Å². The molecule has 0 aliphatic carbocycles. The highest BCUT2D eigenvalue weighted by molar-refractivity contribution is 6.05. The number of amides is 1. The molecule has 1 amide bonds. The quantitative estimate of drug-likeness (QED) is 0.655. The van der Waals surface area contributed by atoms with Crippen molar-refractivity contribution in [3.8, 4) is 0 Å². The number of esters is 1. The Labute approximate surface area is 106 Å². The molecule has 0 saturated heterocycles. The molecule has 0 radical (unpaired) electrons. The van der Waals surface area contributed by atoms with E-state index in [-0.39, 0.29) is 12.4 Å². The van der Waals surface area contributed by atoms with Gasteiger partial charge < -0.3 is 14.6 Å². The molecular weight excluding hydrogens is 236 g/mol. The number of aromatic nitrogens is 1. The first-order valence-electron chi connectivity index (χ1n) is 5.74. The average molecular weight is 254 g/mol. The summed E-state index contributed by atoms with van der Waals surface area (Å²) in [6.07, 6.45) is 1.34. The minimum absolute atomic E-state index is 0.239. The third-order valence-electron chi connectivity index (χ3n) is 2.34. The van der Waals surface area contributed by atoms with Crippen LogP contribution in [0.2, 0.25) is 0 Å². The summed E-state index contributed by atoms with van der Waals surface area (Å²) in [4.78, 5) is 23.9. The average Bonchev–Trinajstić information content (AvgIpc) is 2.68. The van der Waals surface area contributed by atoms with Crippen molar-refractivity contribution in [1.29, 1.82) is 0 Å². The predicted octanol–water partition coefficient (Wildman–Crippen LogP) is 1.84. The van der Waals surface area contributed by atoms with Crippen LogP contribution < -0.4 is 5.32 Å². The van der Waals surface area contributed by atoms with Crippen LogP contribution in [0.1, 0.15) is 27.7 Å². The molecular formula is C12H18N2O4. The Morgan fingerprint density at radius 1 is 1.50 bits per heavy atom. The number of nitrogens with one attached hydrogen (secondary N) is 1. The number of carbonyl (C=O) groups excluding carboxylic acids is 2. The molecule has 0 aliphatic heterocycles. The van der Waals surface area contributed by atoms with Crippen LogP contribution in [0, 0.1) is 11.3 Å². The largest absolute Gasteiger partial charge is 0.465 e. The highest BCUT2D eigenvalue weighted by atomic mass is 16.5. The van der Waals surface area contributed by atoms with Crippen LogP contribution in [0.25, 0.3) is 0 Å². The van der Waals surface area contributed by atoms with Crippen LogP contribution in [0.3, 0.4) is 0 Å². The van der Waals surface area contributed by atoms with Gasteiger partial charge in [0.25, 0.3) is 0 Å². The molecule has 6 nitrogen and oxygen atoms in total. The maximum absolute atomic E-state index is 12.1. The molecule has 0 aromatic carbocycles. The van der Waals surface area contributed by atoms with Gasteiger partial charge in [0.15, 0.2) is 5.82 Å². The van der Waals surface area contributed by atoms with E-state index in [9.17, 15) is 9.59 Å². The fourth-order valence-electron chi connectivity index (χ4n) is 1.55. The zero-order valence-corrected chi connectivity index (χ0v) is 11.0. The zero-order valence-electron chi connectivity index (χ0n) is 11.0. The number of carbonyl (C=O) groups is 2. The molecule has 1 N–H and O–H groups in total. The topological polar surface area (TPSA) is 81.4 Å². The molecule has 18 heavy (non-hydrogen) atoms. The molecule has 0 aliphatic rings. The third kappa shape index (κ3) is 3.58. The molecule has 1 aromatic heterocycles. The fraction of sp³-hybridized carbons (Fsp3) is 0.583. The molecule has 1 atom stereocenters. The number of ether oxygens (including phenoxy) is 1. The lowest BCUT2D eigenvalue weighted by molar-refractivity contribution is -0.155. The summed E-state index contributed by atoms with van der Waals surface area (Å²) in [5.41, 5.74) is -0.542. The van der Waals surface area contributed by atoms with Gasteiger partial charge in [-0.05, 0) is 12.3 Å². The summed E-state index contributed by atoms with van der Waals surface area (Å²) in [7, 11) is 0. The Hall–Kier alpha value is -1.85. The maximum Gasteiger partial charge on any atom is 0.319 e. The van der Waals surface area contributed by atoms with Crippen molar-refractivity contribution in [3.63, 3.8) is 0 Å². The Kier molecular flexibility index (Phi) is 4.47. The highest BCUT2D eigenvalue weighted by Crippen LogP contribution is 2.28. The summed E-state index contributed by atoms with van der Waals surface area (Å²) in [6.45, 7) is 7.35. The van der Waals surface area contributed by atoms with Crippen LogP contribution in [-0.4, -0.2) is 23.6 Å². The van der Waals surface area contributed by atoms with Gasteiger partial charge in [0.1, 0.15) is 12.2 Å². The minimum atomic E-state index is -0.894. The smallest absolute Gasteiger partial charge is 0.319 e. The zero-order chi connectivity index (χ0) is 13.8. The minimum Gasteiger partial charge on any atom is -0.465 e. The van der Waals surface area contributed by atoms with E-state index in [4.69, 9.17) is 4.74 Å². The van der Waals surface area contributed by atoms with Gasteiger partial charge in [-0.2, -0.15) is 0 Å². The normalized spacial score (nSPS) is 12.9. The molecule has 0 bridgehead atoms. The first-order valence-corrected chi connectivity index (χ1v) is 5.74. The van der Waals surface area contributed by atoms with Gasteiger partial charge in [0, 0.05) is 6.07 Å². The molecule has 1 heterocycles. The lowest BCUT2D eigenvalue weighted by Crippen LogP contribution is -2.40. The summed E-state index contributed by atoms with van der Waals surface area (Å²) < 4.78 is 9.54. The summed E-state index contributed by atoms with van der Waals surface area (Å²) >= 11 is 0. The third-order valence-corrected chi connectivity index (χ3v) is 2.34. The Morgan fingerprint density at radius 3 is 2.61 bits per heavy atom. The van der Waals surface area contributed by atoms with Crippen LogP contribution >= 0.6 is 0 Å². The lowest BCUT2D eigenvalue weighted by Gasteiger charge is -2.27. The lowest BCUT2D eigenvalue weighted by atomic mass is 9.80. The van der Waals surface area contributed by atoms with Crippen molar-refractivity contribution in [2.45, 2.75) is 27.7 Å². The van der Waals surface area contributed by atoms with E-state index in [2.05, 4.69) is 15.0 Å². The molecule has 1 rings (SSSR count). The second-order valence-electron chi connectivity index (χ2n) is 4.93. The fourth-order valence-corrected chi connectivity index (χ4v) is 1.55. The SMILES string of the molecule is CCOC(=O)C(C(=O)Nc1ccon1)C(C)(C)C. The van der Waals surface area contributed by atoms with Crippen molar-refractivity contribution in [3.05, 3.63) is 12.3 Å². The van der Waals surface area contributed by atoms with Crippen molar-refractivity contribution < 1.29 is 18.8 Å². The van der Waals surface area contributed by atoms with E-state index in [1.165, 1.54) is 12.3 Å². The predicted molar refractivity (Wildman–Crippen MR) is 64.7 cm³/mol. The van der Waals surface area contributed by atoms with E-state index >= 15 is 0 Å². The Balaban J connectivity index is 2.83. The van der Waals surface area contributed by atoms with Crippen molar-refractivity contribution in [2.75, 3.05) is 11.9 Å². The van der Waals surface area contributed by atoms with Gasteiger partial charge in [-0.25, -0.2) is 0 Å². The molecule has 0 spiro atoms. The molecule has 100 valence electrons. The van der Waals surface area contributed by atoms with Gasteiger partial charge in [0.05, 0.1) is 6.61 Å². The van der Waals surface area contributed by atoms with Crippen molar-refractivity contribution >= 4 is 17.7 Å². The van der Waals surface area contributed by atoms with E-state index < -0.39 is 23.2 Å². The van der Waals surface area contributed by atoms with Crippen LogP contribution in [0.4, 0.5) is 5.82 Å². The molecule has 0 saturated carbocycles. The first kappa shape index (κ1) is 14.2. The number of nitrogens with zero attached hydrogens (tertiary/aromatic N) is 1. The maximum atomic E-state index is 12.1. The molecule has 6 heteroatoms. The number of hydrogen-bond acceptors (Lipinski definition) is 5. The van der Waals surface area contributed by atoms with Gasteiger partial charge in [-0.1, -0.05) is 25.9 Å². The van der Waals surface area contributed by atoms with E-state index in [1.54, 1.807) is 27.7 Å². The summed E-state index contributed by atoms with van der Waals surface area (Å²) in [6, 6.07) is 1.50. The number of rotatable bonds is 4. The summed E-state index contributed by atoms with van der Waals surface area (Å²) in [5.74, 6) is -1.60. The second-order valence-corrected chi connectivity index (χ2v) is 4.93. The van der Waals surface area contributed by atoms with Gasteiger partial charge >= 0.3 is 5.97 Å². The first-order chi connectivity index (χ1) is 8.36. The van der Waals surface area contributed by atoms with Crippen molar-refractivity contribution in [1.82, 2.24) is 5.16 Å². The molecule has 0 fully saturated rings. The molecule has 1 aromatic rings. The second kappa shape index (κ2) is 5.66. The number of anilines is 1. The number of hydrogen-bond donors (Lipinski definition) is 1. The molecule has 1 unspecified atom stereocenters.